The largest absolute Gasteiger partial charge is 0.494 e. The van der Waals surface area contributed by atoms with Crippen molar-refractivity contribution in [1.29, 1.82) is 0 Å². The van der Waals surface area contributed by atoms with Gasteiger partial charge in [0.25, 0.3) is 0 Å². The van der Waals surface area contributed by atoms with E-state index in [2.05, 4.69) is 261 Å². The summed E-state index contributed by atoms with van der Waals surface area (Å²) < 4.78 is 20.3. The van der Waals surface area contributed by atoms with E-state index in [1.165, 1.54) is 14.7 Å². The number of nitrogens with zero attached hydrogens (tertiary/aromatic N) is 4. The summed E-state index contributed by atoms with van der Waals surface area (Å²) in [5, 5.41) is 0. The lowest BCUT2D eigenvalue weighted by molar-refractivity contribution is 0.00578. The molecule has 1 aliphatic rings. The zero-order chi connectivity index (χ0) is 45.8. The number of halogens is 3. The highest BCUT2D eigenvalue weighted by molar-refractivity contribution is 14.1. The zero-order valence-corrected chi connectivity index (χ0v) is 42.3. The molecule has 0 atom stereocenters. The monoisotopic (exact) mass is 1100 g/mol. The van der Waals surface area contributed by atoms with Gasteiger partial charge in [-0.3, -0.25) is 9.13 Å². The third-order valence-corrected chi connectivity index (χ3v) is 13.7. The summed E-state index contributed by atoms with van der Waals surface area (Å²) in [4.78, 5) is 9.86. The number of benzene rings is 8. The lowest BCUT2D eigenvalue weighted by Gasteiger charge is -2.32. The Bertz CT molecular complexity index is 3180. The minimum Gasteiger partial charge on any atom is -0.399 e. The average Bonchev–Trinajstić information content (AvgIpc) is 4.00. The van der Waals surface area contributed by atoms with E-state index < -0.39 is 0 Å². The molecule has 11 rings (SSSR count). The van der Waals surface area contributed by atoms with Crippen molar-refractivity contribution in [3.05, 3.63) is 219 Å². The van der Waals surface area contributed by atoms with Gasteiger partial charge in [-0.25, -0.2) is 9.97 Å². The second-order valence-corrected chi connectivity index (χ2v) is 20.0. The molecule has 0 aliphatic carbocycles. The van der Waals surface area contributed by atoms with Crippen molar-refractivity contribution in [3.8, 4) is 45.3 Å². The highest BCUT2D eigenvalue weighted by Crippen LogP contribution is 2.37. The van der Waals surface area contributed by atoms with Gasteiger partial charge in [0.1, 0.15) is 11.6 Å². The van der Waals surface area contributed by atoms with Crippen LogP contribution >= 0.6 is 54.5 Å². The lowest BCUT2D eigenvalue weighted by atomic mass is 9.79. The molecule has 1 saturated heterocycles. The average molecular weight is 1100 g/mol. The van der Waals surface area contributed by atoms with Crippen LogP contribution in [0.5, 0.6) is 0 Å². The van der Waals surface area contributed by atoms with Crippen molar-refractivity contribution >= 4 is 89.1 Å². The smallest absolute Gasteiger partial charge is 0.399 e. The first-order valence-corrected chi connectivity index (χ1v) is 24.4. The number of hydrogen-bond acceptors (Lipinski definition) is 4. The fourth-order valence-corrected chi connectivity index (χ4v) is 8.66. The summed E-state index contributed by atoms with van der Waals surface area (Å²) >= 11 is 9.11. The number of fused-ring (bicyclic) bond motifs is 2. The molecule has 0 saturated carbocycles. The van der Waals surface area contributed by atoms with Crippen LogP contribution in [0.3, 0.4) is 0 Å². The second-order valence-electron chi connectivity index (χ2n) is 16.9. The minimum absolute atomic E-state index is 0.350. The van der Waals surface area contributed by atoms with Crippen molar-refractivity contribution in [1.82, 2.24) is 19.1 Å². The molecular weight excluding hydrogens is 1060 g/mol. The third-order valence-electron chi connectivity index (χ3n) is 12.0. The van der Waals surface area contributed by atoms with Crippen LogP contribution in [-0.2, 0) is 9.31 Å². The van der Waals surface area contributed by atoms with E-state index in [1.807, 2.05) is 36.4 Å². The molecule has 0 spiro atoms. The summed E-state index contributed by atoms with van der Waals surface area (Å²) in [6.45, 7) is 8.29. The first kappa shape index (κ1) is 45.5. The van der Waals surface area contributed by atoms with Gasteiger partial charge in [0, 0.05) is 35.0 Å². The molecule has 10 aromatic rings. The van der Waals surface area contributed by atoms with Crippen molar-refractivity contribution in [2.75, 3.05) is 0 Å². The quantitative estimate of drug-likeness (QED) is 0.123. The minimum atomic E-state index is -0.364. The summed E-state index contributed by atoms with van der Waals surface area (Å²) in [6.07, 6.45) is 0. The maximum atomic E-state index is 6.19. The van der Waals surface area contributed by atoms with Crippen LogP contribution in [0.4, 0.5) is 0 Å². The van der Waals surface area contributed by atoms with E-state index in [1.54, 1.807) is 0 Å². The molecule has 8 aromatic carbocycles. The first-order valence-electron chi connectivity index (χ1n) is 21.7. The lowest BCUT2D eigenvalue weighted by Crippen LogP contribution is -2.41. The van der Waals surface area contributed by atoms with Crippen LogP contribution in [-0.4, -0.2) is 37.4 Å². The van der Waals surface area contributed by atoms with Crippen molar-refractivity contribution in [2.24, 2.45) is 0 Å². The molecule has 3 heterocycles. The van der Waals surface area contributed by atoms with E-state index in [9.17, 15) is 0 Å². The molecule has 0 unspecified atom stereocenters. The fourth-order valence-electron chi connectivity index (χ4n) is 7.77. The van der Waals surface area contributed by atoms with Gasteiger partial charge in [-0.1, -0.05) is 153 Å². The maximum absolute atomic E-state index is 6.19. The number of rotatable bonds is 6. The number of hydrogen-bond donors (Lipinski definition) is 0. The Balaban J connectivity index is 0.000000142. The SMILES string of the molecule is Brc1ccc(-c2ccc(-c3nc4ccccc4n3-c3ccccc3)cc2)cc1.Brc1ccc(I)cc1.CC1(C)OB(c2ccc(-c3nc4ccccc4n3-c3ccccc3)cc2)OC1(C)C. The van der Waals surface area contributed by atoms with Gasteiger partial charge in [-0.2, -0.15) is 0 Å². The molecule has 326 valence electrons. The van der Waals surface area contributed by atoms with Crippen LogP contribution in [0.15, 0.2) is 215 Å². The van der Waals surface area contributed by atoms with Crippen LogP contribution in [0.25, 0.3) is 67.3 Å². The standard InChI is InChI=1S/C25H25BN2O2.C25H17BrN2.C6H4BrI/c1-24(2)25(3,4)30-26(29-24)19-16-14-18(15-17-19)23-27-21-12-8-9-13-22(21)28(23)20-10-6-5-7-11-20;26-21-16-14-19(15-17-21)18-10-12-20(13-11-18)25-27-23-8-4-5-9-24(23)28(25)22-6-2-1-3-7-22;7-5-1-3-6(8)4-2-5/h5-17H,1-4H3;1-17H;1-4H. The predicted molar refractivity (Wildman–Crippen MR) is 289 cm³/mol. The van der Waals surface area contributed by atoms with E-state index in [-0.39, 0.29) is 18.3 Å². The molecule has 2 aromatic heterocycles. The molecular formula is C56H46BBr2IN4O2. The Kier molecular flexibility index (Phi) is 13.6. The van der Waals surface area contributed by atoms with Gasteiger partial charge in [0.15, 0.2) is 0 Å². The number of para-hydroxylation sites is 6. The first-order chi connectivity index (χ1) is 31.9. The Morgan fingerprint density at radius 1 is 0.424 bits per heavy atom. The number of aromatic nitrogens is 4. The van der Waals surface area contributed by atoms with Gasteiger partial charge in [0.2, 0.25) is 0 Å². The third kappa shape index (κ3) is 9.89. The van der Waals surface area contributed by atoms with Crippen LogP contribution in [0.1, 0.15) is 27.7 Å². The van der Waals surface area contributed by atoms with E-state index >= 15 is 0 Å². The van der Waals surface area contributed by atoms with Gasteiger partial charge < -0.3 is 9.31 Å². The van der Waals surface area contributed by atoms with Crippen molar-refractivity contribution in [3.63, 3.8) is 0 Å². The Morgan fingerprint density at radius 2 is 0.773 bits per heavy atom. The predicted octanol–water partition coefficient (Wildman–Crippen LogP) is 15.2. The van der Waals surface area contributed by atoms with Gasteiger partial charge in [-0.15, -0.1) is 0 Å². The van der Waals surface area contributed by atoms with Crippen LogP contribution in [0.2, 0.25) is 0 Å². The van der Waals surface area contributed by atoms with Gasteiger partial charge in [-0.05, 0) is 152 Å². The van der Waals surface area contributed by atoms with Crippen molar-refractivity contribution < 1.29 is 9.31 Å². The molecule has 1 fully saturated rings. The van der Waals surface area contributed by atoms with Gasteiger partial charge >= 0.3 is 7.12 Å². The second kappa shape index (κ2) is 19.7. The molecule has 0 bridgehead atoms. The molecule has 66 heavy (non-hydrogen) atoms. The molecule has 0 radical (unpaired) electrons. The van der Waals surface area contributed by atoms with E-state index in [4.69, 9.17) is 19.3 Å². The number of imidazole rings is 2. The van der Waals surface area contributed by atoms with Crippen LogP contribution < -0.4 is 5.46 Å². The Labute approximate surface area is 417 Å². The summed E-state index contributed by atoms with van der Waals surface area (Å²) in [5.74, 6) is 1.87. The van der Waals surface area contributed by atoms with E-state index in [0.29, 0.717) is 0 Å². The topological polar surface area (TPSA) is 54.1 Å². The zero-order valence-electron chi connectivity index (χ0n) is 36.9. The van der Waals surface area contributed by atoms with Gasteiger partial charge in [0.05, 0.1) is 33.3 Å². The van der Waals surface area contributed by atoms with E-state index in [0.717, 1.165) is 70.6 Å². The Morgan fingerprint density at radius 3 is 1.20 bits per heavy atom. The van der Waals surface area contributed by atoms with Crippen molar-refractivity contribution in [2.45, 2.75) is 38.9 Å². The molecule has 6 nitrogen and oxygen atoms in total. The summed E-state index contributed by atoms with van der Waals surface area (Å²) in [6, 6.07) is 70.8. The highest BCUT2D eigenvalue weighted by atomic mass is 127. The normalized spacial score (nSPS) is 13.8. The van der Waals surface area contributed by atoms with Crippen LogP contribution in [0, 0.1) is 3.57 Å². The molecule has 0 amide bonds. The fraction of sp³-hybridized carbons (Fsp3) is 0.107. The summed E-state index contributed by atoms with van der Waals surface area (Å²) in [5.41, 5.74) is 11.2. The summed E-state index contributed by atoms with van der Waals surface area (Å²) in [7, 11) is -0.364. The highest BCUT2D eigenvalue weighted by Gasteiger charge is 2.51. The Hall–Kier alpha value is -5.63. The molecule has 10 heteroatoms. The molecule has 1 aliphatic heterocycles. The molecule has 0 N–H and O–H groups in total. The maximum Gasteiger partial charge on any atom is 0.494 e.